The zero-order valence-electron chi connectivity index (χ0n) is 11.7. The van der Waals surface area contributed by atoms with Crippen molar-refractivity contribution in [2.75, 3.05) is 6.54 Å². The van der Waals surface area contributed by atoms with Gasteiger partial charge in [0.25, 0.3) is 0 Å². The third-order valence-corrected chi connectivity index (χ3v) is 5.04. The average molecular weight is 320 g/mol. The van der Waals surface area contributed by atoms with Crippen molar-refractivity contribution < 1.29 is 4.79 Å². The lowest BCUT2D eigenvalue weighted by molar-refractivity contribution is -0.121. The van der Waals surface area contributed by atoms with Crippen molar-refractivity contribution in [1.82, 2.24) is 19.7 Å². The first-order valence-electron chi connectivity index (χ1n) is 6.79. The van der Waals surface area contributed by atoms with Gasteiger partial charge in [0.2, 0.25) is 5.91 Å². The van der Waals surface area contributed by atoms with Gasteiger partial charge in [-0.05, 0) is 13.3 Å². The van der Waals surface area contributed by atoms with Crippen LogP contribution in [-0.2, 0) is 17.6 Å². The van der Waals surface area contributed by atoms with Gasteiger partial charge >= 0.3 is 0 Å². The summed E-state index contributed by atoms with van der Waals surface area (Å²) in [6.07, 6.45) is 6.05. The van der Waals surface area contributed by atoms with Crippen molar-refractivity contribution in [3.63, 3.8) is 0 Å². The van der Waals surface area contributed by atoms with Crippen molar-refractivity contribution in [3.05, 3.63) is 39.5 Å². The quantitative estimate of drug-likeness (QED) is 0.759. The summed E-state index contributed by atoms with van der Waals surface area (Å²) in [4.78, 5) is 22.7. The second-order valence-electron chi connectivity index (χ2n) is 4.79. The fraction of sp³-hybridized carbons (Fsp3) is 0.357. The van der Waals surface area contributed by atoms with Gasteiger partial charge in [-0.3, -0.25) is 9.20 Å². The van der Waals surface area contributed by atoms with Gasteiger partial charge < -0.3 is 5.32 Å². The summed E-state index contributed by atoms with van der Waals surface area (Å²) < 4.78 is 2.01. The molecule has 0 atom stereocenters. The van der Waals surface area contributed by atoms with Gasteiger partial charge in [-0.25, -0.2) is 9.97 Å². The number of nitrogens with one attached hydrogen (secondary N) is 1. The molecule has 7 heteroatoms. The largest absolute Gasteiger partial charge is 0.356 e. The SMILES string of the molecule is Cc1ncsc1CCC(=O)NCCc1cn2ccsc2n1. The van der Waals surface area contributed by atoms with Crippen molar-refractivity contribution in [2.45, 2.75) is 26.2 Å². The molecule has 0 fully saturated rings. The lowest BCUT2D eigenvalue weighted by Gasteiger charge is -2.03. The van der Waals surface area contributed by atoms with Crippen LogP contribution >= 0.6 is 22.7 Å². The minimum Gasteiger partial charge on any atom is -0.356 e. The molecule has 0 aromatic carbocycles. The van der Waals surface area contributed by atoms with Gasteiger partial charge in [0.05, 0.1) is 16.9 Å². The molecule has 0 saturated heterocycles. The maximum absolute atomic E-state index is 11.8. The van der Waals surface area contributed by atoms with Crippen LogP contribution in [-0.4, -0.2) is 26.8 Å². The Labute approximate surface area is 130 Å². The molecule has 0 aliphatic heterocycles. The lowest BCUT2D eigenvalue weighted by atomic mass is 10.2. The number of carbonyl (C=O) groups is 1. The Balaban J connectivity index is 1.41. The Morgan fingerprint density at radius 3 is 3.05 bits per heavy atom. The van der Waals surface area contributed by atoms with E-state index in [-0.39, 0.29) is 5.91 Å². The molecule has 21 heavy (non-hydrogen) atoms. The predicted molar refractivity (Wildman–Crippen MR) is 85.0 cm³/mol. The molecule has 0 radical (unpaired) electrons. The molecule has 0 spiro atoms. The van der Waals surface area contributed by atoms with Gasteiger partial charge in [0.15, 0.2) is 4.96 Å². The Morgan fingerprint density at radius 1 is 1.38 bits per heavy atom. The van der Waals surface area contributed by atoms with Crippen LogP contribution in [0.3, 0.4) is 0 Å². The predicted octanol–water partition coefficient (Wildman–Crippen LogP) is 2.45. The number of hydrogen-bond donors (Lipinski definition) is 1. The van der Waals surface area contributed by atoms with Crippen molar-refractivity contribution >= 4 is 33.5 Å². The number of carbonyl (C=O) groups excluding carboxylic acids is 1. The zero-order valence-corrected chi connectivity index (χ0v) is 13.3. The van der Waals surface area contributed by atoms with E-state index in [1.54, 1.807) is 22.7 Å². The molecule has 0 unspecified atom stereocenters. The average Bonchev–Trinajstić information content (AvgIpc) is 3.12. The number of thiazole rings is 2. The van der Waals surface area contributed by atoms with Crippen LogP contribution in [0.2, 0.25) is 0 Å². The Hall–Kier alpha value is -1.73. The molecule has 110 valence electrons. The third-order valence-electron chi connectivity index (χ3n) is 3.27. The highest BCUT2D eigenvalue weighted by Gasteiger charge is 2.07. The minimum atomic E-state index is 0.0869. The topological polar surface area (TPSA) is 59.3 Å². The van der Waals surface area contributed by atoms with Crippen molar-refractivity contribution in [1.29, 1.82) is 0 Å². The first-order chi connectivity index (χ1) is 10.2. The Morgan fingerprint density at radius 2 is 2.29 bits per heavy atom. The first kappa shape index (κ1) is 14.2. The van der Waals surface area contributed by atoms with Gasteiger partial charge in [-0.1, -0.05) is 0 Å². The normalized spacial score (nSPS) is 11.1. The van der Waals surface area contributed by atoms with E-state index in [4.69, 9.17) is 0 Å². The number of nitrogens with zero attached hydrogens (tertiary/aromatic N) is 3. The van der Waals surface area contributed by atoms with E-state index in [0.717, 1.165) is 29.2 Å². The van der Waals surface area contributed by atoms with E-state index in [2.05, 4.69) is 15.3 Å². The molecule has 3 aromatic heterocycles. The molecule has 1 amide bonds. The first-order valence-corrected chi connectivity index (χ1v) is 8.55. The maximum atomic E-state index is 11.8. The number of aryl methyl sites for hydroxylation is 2. The summed E-state index contributed by atoms with van der Waals surface area (Å²) in [5.41, 5.74) is 3.87. The van der Waals surface area contributed by atoms with E-state index in [1.165, 1.54) is 4.88 Å². The number of amides is 1. The van der Waals surface area contributed by atoms with Crippen LogP contribution in [0, 0.1) is 6.92 Å². The molecular formula is C14H16N4OS2. The molecule has 0 bridgehead atoms. The zero-order chi connectivity index (χ0) is 14.7. The fourth-order valence-corrected chi connectivity index (χ4v) is 3.61. The monoisotopic (exact) mass is 320 g/mol. The standard InChI is InChI=1S/C14H16N4OS2/c1-10-12(21-9-16-10)2-3-13(19)15-5-4-11-8-18-6-7-20-14(18)17-11/h6-9H,2-5H2,1H3,(H,15,19). The van der Waals surface area contributed by atoms with Crippen molar-refractivity contribution in [3.8, 4) is 0 Å². The van der Waals surface area contributed by atoms with Gasteiger partial charge in [-0.2, -0.15) is 0 Å². The molecular weight excluding hydrogens is 304 g/mol. The molecule has 3 aromatic rings. The number of aromatic nitrogens is 3. The molecule has 1 N–H and O–H groups in total. The van der Waals surface area contributed by atoms with Gasteiger partial charge in [-0.15, -0.1) is 22.7 Å². The van der Waals surface area contributed by atoms with Crippen LogP contribution in [0.25, 0.3) is 4.96 Å². The molecule has 5 nitrogen and oxygen atoms in total. The summed E-state index contributed by atoms with van der Waals surface area (Å²) in [6.45, 7) is 2.61. The summed E-state index contributed by atoms with van der Waals surface area (Å²) in [5, 5.41) is 4.96. The highest BCUT2D eigenvalue weighted by molar-refractivity contribution is 7.15. The Kier molecular flexibility index (Phi) is 4.31. The van der Waals surface area contributed by atoms with E-state index >= 15 is 0 Å². The lowest BCUT2D eigenvalue weighted by Crippen LogP contribution is -2.25. The molecule has 3 heterocycles. The maximum Gasteiger partial charge on any atom is 0.220 e. The number of imidazole rings is 1. The molecule has 0 saturated carbocycles. The number of hydrogen-bond acceptors (Lipinski definition) is 5. The highest BCUT2D eigenvalue weighted by Crippen LogP contribution is 2.14. The van der Waals surface area contributed by atoms with E-state index in [9.17, 15) is 4.79 Å². The number of rotatable bonds is 6. The summed E-state index contributed by atoms with van der Waals surface area (Å²) in [7, 11) is 0. The second kappa shape index (κ2) is 6.36. The summed E-state index contributed by atoms with van der Waals surface area (Å²) >= 11 is 3.23. The van der Waals surface area contributed by atoms with E-state index in [1.807, 2.05) is 34.6 Å². The minimum absolute atomic E-state index is 0.0869. The second-order valence-corrected chi connectivity index (χ2v) is 6.60. The molecule has 3 rings (SSSR count). The third kappa shape index (κ3) is 3.48. The van der Waals surface area contributed by atoms with Crippen LogP contribution < -0.4 is 5.32 Å². The van der Waals surface area contributed by atoms with Crippen LogP contribution in [0.15, 0.2) is 23.3 Å². The van der Waals surface area contributed by atoms with Gasteiger partial charge in [0.1, 0.15) is 0 Å². The molecule has 0 aliphatic carbocycles. The fourth-order valence-electron chi connectivity index (χ4n) is 2.11. The van der Waals surface area contributed by atoms with Gasteiger partial charge in [0, 0.05) is 42.0 Å². The smallest absolute Gasteiger partial charge is 0.220 e. The number of fused-ring (bicyclic) bond motifs is 1. The summed E-state index contributed by atoms with van der Waals surface area (Å²) in [6, 6.07) is 0. The molecule has 0 aliphatic rings. The highest BCUT2D eigenvalue weighted by atomic mass is 32.1. The van der Waals surface area contributed by atoms with E-state index in [0.29, 0.717) is 13.0 Å². The van der Waals surface area contributed by atoms with Crippen LogP contribution in [0.5, 0.6) is 0 Å². The summed E-state index contributed by atoms with van der Waals surface area (Å²) in [5.74, 6) is 0.0869. The Bertz CT molecular complexity index is 714. The van der Waals surface area contributed by atoms with Crippen LogP contribution in [0.1, 0.15) is 22.7 Å². The van der Waals surface area contributed by atoms with E-state index < -0.39 is 0 Å². The van der Waals surface area contributed by atoms with Crippen LogP contribution in [0.4, 0.5) is 0 Å². The van der Waals surface area contributed by atoms with Crippen molar-refractivity contribution in [2.24, 2.45) is 0 Å².